The summed E-state index contributed by atoms with van der Waals surface area (Å²) >= 11 is 1.47. The van der Waals surface area contributed by atoms with Gasteiger partial charge in [0, 0.05) is 4.88 Å². The molecule has 6 heteroatoms. The number of thiophene rings is 1. The fraction of sp³-hybridized carbons (Fsp3) is 0.300. The molecule has 84 valence electrons. The van der Waals surface area contributed by atoms with Crippen LogP contribution in [-0.4, -0.2) is 15.5 Å². The van der Waals surface area contributed by atoms with Gasteiger partial charge in [-0.05, 0) is 19.9 Å². The molecule has 2 heterocycles. The minimum Gasteiger partial charge on any atom is -0.368 e. The predicted octanol–water partition coefficient (Wildman–Crippen LogP) is 0.560. The Hall–Kier alpha value is -1.69. The summed E-state index contributed by atoms with van der Waals surface area (Å²) in [6.07, 6.45) is 0. The Morgan fingerprint density at radius 2 is 2.25 bits per heavy atom. The highest BCUT2D eigenvalue weighted by atomic mass is 32.1. The molecular weight excluding hydrogens is 226 g/mol. The lowest BCUT2D eigenvalue weighted by atomic mass is 10.3. The quantitative estimate of drug-likeness (QED) is 0.829. The number of fused-ring (bicyclic) bond motifs is 1. The molecule has 2 aromatic rings. The van der Waals surface area contributed by atoms with Crippen molar-refractivity contribution in [1.82, 2.24) is 9.55 Å². The summed E-state index contributed by atoms with van der Waals surface area (Å²) < 4.78 is 1.30. The number of hydrogen-bond acceptors (Lipinski definition) is 4. The van der Waals surface area contributed by atoms with Gasteiger partial charge in [0.05, 0.1) is 5.39 Å². The zero-order chi connectivity index (χ0) is 11.9. The smallest absolute Gasteiger partial charge is 0.262 e. The van der Waals surface area contributed by atoms with Gasteiger partial charge in [-0.15, -0.1) is 11.3 Å². The molecule has 0 spiro atoms. The van der Waals surface area contributed by atoms with Crippen molar-refractivity contribution >= 4 is 27.5 Å². The van der Waals surface area contributed by atoms with Crippen LogP contribution >= 0.6 is 11.3 Å². The van der Waals surface area contributed by atoms with Crippen LogP contribution < -0.4 is 11.3 Å². The molecule has 5 nitrogen and oxygen atoms in total. The number of carbonyl (C=O) groups is 1. The number of carbonyl (C=O) groups excluding carboxylic acids is 1. The van der Waals surface area contributed by atoms with Crippen LogP contribution in [0, 0.1) is 13.8 Å². The van der Waals surface area contributed by atoms with Gasteiger partial charge in [-0.2, -0.15) is 0 Å². The average Bonchev–Trinajstić information content (AvgIpc) is 2.53. The van der Waals surface area contributed by atoms with Crippen molar-refractivity contribution in [3.63, 3.8) is 0 Å². The van der Waals surface area contributed by atoms with Crippen LogP contribution in [0.3, 0.4) is 0 Å². The van der Waals surface area contributed by atoms with Crippen molar-refractivity contribution in [2.45, 2.75) is 20.4 Å². The molecule has 0 atom stereocenters. The largest absolute Gasteiger partial charge is 0.368 e. The van der Waals surface area contributed by atoms with E-state index < -0.39 is 5.91 Å². The number of amides is 1. The third-order valence-corrected chi connectivity index (χ3v) is 3.22. The fourth-order valence-electron chi connectivity index (χ4n) is 1.58. The summed E-state index contributed by atoms with van der Waals surface area (Å²) in [6, 6.07) is 1.78. The Balaban J connectivity index is 2.74. The third kappa shape index (κ3) is 1.71. The third-order valence-electron chi connectivity index (χ3n) is 2.28. The first kappa shape index (κ1) is 10.8. The first-order chi connectivity index (χ1) is 7.49. The molecule has 2 aromatic heterocycles. The van der Waals surface area contributed by atoms with E-state index in [2.05, 4.69) is 4.98 Å². The van der Waals surface area contributed by atoms with E-state index >= 15 is 0 Å². The lowest BCUT2D eigenvalue weighted by molar-refractivity contribution is -0.118. The van der Waals surface area contributed by atoms with Gasteiger partial charge in [0.2, 0.25) is 5.91 Å². The number of aryl methyl sites for hydroxylation is 2. The van der Waals surface area contributed by atoms with Gasteiger partial charge in [0.25, 0.3) is 5.56 Å². The standard InChI is InChI=1S/C10H11N3O2S/c1-5-3-7-9(16-5)12-6(2)13(10(7)15)4-8(11)14/h3H,4H2,1-2H3,(H2,11,14). The lowest BCUT2D eigenvalue weighted by Crippen LogP contribution is -2.30. The van der Waals surface area contributed by atoms with E-state index in [-0.39, 0.29) is 12.1 Å². The maximum atomic E-state index is 12.0. The minimum absolute atomic E-state index is 0.123. The molecule has 16 heavy (non-hydrogen) atoms. The molecule has 0 saturated carbocycles. The Morgan fingerprint density at radius 3 is 2.88 bits per heavy atom. The molecular formula is C10H11N3O2S. The van der Waals surface area contributed by atoms with Crippen LogP contribution in [0.2, 0.25) is 0 Å². The number of aromatic nitrogens is 2. The maximum absolute atomic E-state index is 12.0. The SMILES string of the molecule is Cc1cc2c(=O)n(CC(N)=O)c(C)nc2s1. The van der Waals surface area contributed by atoms with Crippen molar-refractivity contribution in [1.29, 1.82) is 0 Å². The highest BCUT2D eigenvalue weighted by Crippen LogP contribution is 2.20. The van der Waals surface area contributed by atoms with Crippen molar-refractivity contribution in [2.24, 2.45) is 5.73 Å². The molecule has 1 amide bonds. The lowest BCUT2D eigenvalue weighted by Gasteiger charge is -2.06. The molecule has 0 aliphatic heterocycles. The van der Waals surface area contributed by atoms with E-state index in [1.54, 1.807) is 13.0 Å². The van der Waals surface area contributed by atoms with E-state index in [9.17, 15) is 9.59 Å². The number of nitrogens with two attached hydrogens (primary N) is 1. The summed E-state index contributed by atoms with van der Waals surface area (Å²) in [6.45, 7) is 3.49. The van der Waals surface area contributed by atoms with E-state index in [4.69, 9.17) is 5.73 Å². The van der Waals surface area contributed by atoms with Crippen molar-refractivity contribution < 1.29 is 4.79 Å². The molecule has 0 aromatic carbocycles. The minimum atomic E-state index is -0.543. The van der Waals surface area contributed by atoms with Gasteiger partial charge in [-0.25, -0.2) is 4.98 Å². The Morgan fingerprint density at radius 1 is 1.56 bits per heavy atom. The molecule has 0 bridgehead atoms. The molecule has 0 aliphatic carbocycles. The summed E-state index contributed by atoms with van der Waals surface area (Å²) in [5, 5.41) is 0.550. The molecule has 0 fully saturated rings. The van der Waals surface area contributed by atoms with Gasteiger partial charge in [-0.3, -0.25) is 14.2 Å². The zero-order valence-corrected chi connectivity index (χ0v) is 9.80. The summed E-state index contributed by atoms with van der Waals surface area (Å²) in [7, 11) is 0. The van der Waals surface area contributed by atoms with Gasteiger partial charge in [0.15, 0.2) is 0 Å². The average molecular weight is 237 g/mol. The van der Waals surface area contributed by atoms with E-state index in [0.717, 1.165) is 4.88 Å². The van der Waals surface area contributed by atoms with Crippen LogP contribution in [0.4, 0.5) is 0 Å². The Kier molecular flexibility index (Phi) is 2.51. The Bertz CT molecular complexity index is 627. The van der Waals surface area contributed by atoms with E-state index in [1.807, 2.05) is 6.92 Å². The number of nitrogens with zero attached hydrogens (tertiary/aromatic N) is 2. The van der Waals surface area contributed by atoms with Crippen LogP contribution in [0.15, 0.2) is 10.9 Å². The zero-order valence-electron chi connectivity index (χ0n) is 8.98. The van der Waals surface area contributed by atoms with Crippen LogP contribution in [-0.2, 0) is 11.3 Å². The molecule has 2 rings (SSSR count). The second-order valence-electron chi connectivity index (χ2n) is 3.59. The summed E-state index contributed by atoms with van der Waals surface area (Å²) in [5.41, 5.74) is 4.88. The van der Waals surface area contributed by atoms with Gasteiger partial charge in [0.1, 0.15) is 17.2 Å². The van der Waals surface area contributed by atoms with E-state index in [1.165, 1.54) is 15.9 Å². The molecule has 0 unspecified atom stereocenters. The van der Waals surface area contributed by atoms with Gasteiger partial charge in [-0.1, -0.05) is 0 Å². The van der Waals surface area contributed by atoms with Crippen molar-refractivity contribution in [3.05, 3.63) is 27.1 Å². The van der Waals surface area contributed by atoms with Gasteiger partial charge >= 0.3 is 0 Å². The van der Waals surface area contributed by atoms with Crippen molar-refractivity contribution in [2.75, 3.05) is 0 Å². The second-order valence-corrected chi connectivity index (χ2v) is 4.83. The highest BCUT2D eigenvalue weighted by molar-refractivity contribution is 7.18. The normalized spacial score (nSPS) is 10.9. The molecule has 0 saturated heterocycles. The van der Waals surface area contributed by atoms with Crippen LogP contribution in [0.25, 0.3) is 10.2 Å². The maximum Gasteiger partial charge on any atom is 0.262 e. The van der Waals surface area contributed by atoms with Crippen molar-refractivity contribution in [3.8, 4) is 0 Å². The number of rotatable bonds is 2. The summed E-state index contributed by atoms with van der Waals surface area (Å²) in [4.78, 5) is 28.9. The summed E-state index contributed by atoms with van der Waals surface area (Å²) in [5.74, 6) is -0.0311. The van der Waals surface area contributed by atoms with Gasteiger partial charge < -0.3 is 5.73 Å². The Labute approximate surface area is 95.5 Å². The molecule has 2 N–H and O–H groups in total. The number of hydrogen-bond donors (Lipinski definition) is 1. The molecule has 0 radical (unpaired) electrons. The number of primary amides is 1. The van der Waals surface area contributed by atoms with Crippen LogP contribution in [0.1, 0.15) is 10.7 Å². The topological polar surface area (TPSA) is 78.0 Å². The fourth-order valence-corrected chi connectivity index (χ4v) is 2.50. The van der Waals surface area contributed by atoms with E-state index in [0.29, 0.717) is 16.0 Å². The predicted molar refractivity (Wildman–Crippen MR) is 62.5 cm³/mol. The molecule has 0 aliphatic rings. The second kappa shape index (κ2) is 3.71. The highest BCUT2D eigenvalue weighted by Gasteiger charge is 2.11. The monoisotopic (exact) mass is 237 g/mol. The first-order valence-electron chi connectivity index (χ1n) is 4.75. The first-order valence-corrected chi connectivity index (χ1v) is 5.56. The van der Waals surface area contributed by atoms with Crippen LogP contribution in [0.5, 0.6) is 0 Å².